The molecule has 0 saturated carbocycles. The van der Waals surface area contributed by atoms with Crippen LogP contribution in [0.15, 0.2) is 18.2 Å². The summed E-state index contributed by atoms with van der Waals surface area (Å²) in [6.07, 6.45) is 0.984. The molecule has 1 fully saturated rings. The van der Waals surface area contributed by atoms with Crippen LogP contribution in [0.1, 0.15) is 16.8 Å². The normalized spacial score (nSPS) is 19.1. The first-order chi connectivity index (χ1) is 8.65. The highest BCUT2D eigenvalue weighted by molar-refractivity contribution is 6.30. The first kappa shape index (κ1) is 13.2. The smallest absolute Gasteiger partial charge is 0.257 e. The molecule has 0 aromatic heterocycles. The lowest BCUT2D eigenvalue weighted by Gasteiger charge is -2.18. The molecule has 5 heteroatoms. The quantitative estimate of drug-likeness (QED) is 0.909. The summed E-state index contributed by atoms with van der Waals surface area (Å²) < 4.78 is 5.21. The summed E-state index contributed by atoms with van der Waals surface area (Å²) in [4.78, 5) is 14.2. The molecule has 1 aliphatic rings. The van der Waals surface area contributed by atoms with Crippen molar-refractivity contribution in [3.05, 3.63) is 28.8 Å². The summed E-state index contributed by atoms with van der Waals surface area (Å²) in [5, 5.41) is 3.76. The second kappa shape index (κ2) is 5.59. The average molecular weight is 269 g/mol. The molecule has 1 atom stereocenters. The number of carbonyl (C=O) groups is 1. The third-order valence-corrected chi connectivity index (χ3v) is 3.51. The number of hydrogen-bond acceptors (Lipinski definition) is 3. The van der Waals surface area contributed by atoms with Crippen LogP contribution >= 0.6 is 11.6 Å². The fourth-order valence-electron chi connectivity index (χ4n) is 2.19. The summed E-state index contributed by atoms with van der Waals surface area (Å²) >= 11 is 5.89. The molecular formula is C13H17ClN2O2. The van der Waals surface area contributed by atoms with Crippen LogP contribution in [0.25, 0.3) is 0 Å². The van der Waals surface area contributed by atoms with Gasteiger partial charge in [0.15, 0.2) is 0 Å². The Bertz CT molecular complexity index is 451. The maximum Gasteiger partial charge on any atom is 0.257 e. The first-order valence-electron chi connectivity index (χ1n) is 5.95. The molecule has 0 spiro atoms. The predicted molar refractivity (Wildman–Crippen MR) is 71.4 cm³/mol. The van der Waals surface area contributed by atoms with E-state index in [2.05, 4.69) is 5.32 Å². The van der Waals surface area contributed by atoms with Gasteiger partial charge in [-0.1, -0.05) is 11.6 Å². The maximum absolute atomic E-state index is 12.4. The third-order valence-electron chi connectivity index (χ3n) is 3.28. The van der Waals surface area contributed by atoms with Gasteiger partial charge in [0.25, 0.3) is 5.91 Å². The van der Waals surface area contributed by atoms with Gasteiger partial charge in [-0.25, -0.2) is 0 Å². The Hall–Kier alpha value is -1.26. The SMILES string of the molecule is CNC1CCN(C(=O)c2ccc(Cl)cc2OC)C1. The van der Waals surface area contributed by atoms with E-state index in [4.69, 9.17) is 16.3 Å². The molecule has 1 amide bonds. The zero-order valence-corrected chi connectivity index (χ0v) is 11.3. The molecule has 1 aromatic rings. The van der Waals surface area contributed by atoms with Crippen LogP contribution in [-0.4, -0.2) is 44.1 Å². The van der Waals surface area contributed by atoms with Gasteiger partial charge in [-0.15, -0.1) is 0 Å². The Morgan fingerprint density at radius 3 is 2.94 bits per heavy atom. The third kappa shape index (κ3) is 2.60. The Balaban J connectivity index is 2.19. The maximum atomic E-state index is 12.4. The number of nitrogens with zero attached hydrogens (tertiary/aromatic N) is 1. The molecule has 1 heterocycles. The van der Waals surface area contributed by atoms with E-state index < -0.39 is 0 Å². The fourth-order valence-corrected chi connectivity index (χ4v) is 2.35. The molecule has 0 radical (unpaired) electrons. The van der Waals surface area contributed by atoms with Gasteiger partial charge in [-0.05, 0) is 31.7 Å². The molecule has 18 heavy (non-hydrogen) atoms. The number of benzene rings is 1. The van der Waals surface area contributed by atoms with Crippen LogP contribution in [0.5, 0.6) is 5.75 Å². The molecule has 1 N–H and O–H groups in total. The van der Waals surface area contributed by atoms with E-state index in [0.717, 1.165) is 19.5 Å². The van der Waals surface area contributed by atoms with E-state index >= 15 is 0 Å². The Labute approximate surface area is 112 Å². The Morgan fingerprint density at radius 2 is 2.33 bits per heavy atom. The lowest BCUT2D eigenvalue weighted by molar-refractivity contribution is 0.0786. The van der Waals surface area contributed by atoms with Gasteiger partial charge in [0.2, 0.25) is 0 Å². The van der Waals surface area contributed by atoms with Gasteiger partial charge < -0.3 is 15.0 Å². The number of hydrogen-bond donors (Lipinski definition) is 1. The number of methoxy groups -OCH3 is 1. The zero-order valence-electron chi connectivity index (χ0n) is 10.6. The van der Waals surface area contributed by atoms with Gasteiger partial charge in [-0.3, -0.25) is 4.79 Å². The van der Waals surface area contributed by atoms with E-state index in [-0.39, 0.29) is 5.91 Å². The highest BCUT2D eigenvalue weighted by Gasteiger charge is 2.27. The Morgan fingerprint density at radius 1 is 1.56 bits per heavy atom. The summed E-state index contributed by atoms with van der Waals surface area (Å²) in [5.74, 6) is 0.529. The lowest BCUT2D eigenvalue weighted by Crippen LogP contribution is -2.33. The van der Waals surface area contributed by atoms with Crippen molar-refractivity contribution in [1.29, 1.82) is 0 Å². The highest BCUT2D eigenvalue weighted by atomic mass is 35.5. The summed E-state index contributed by atoms with van der Waals surface area (Å²) in [7, 11) is 3.46. The van der Waals surface area contributed by atoms with E-state index in [1.54, 1.807) is 25.3 Å². The van der Waals surface area contributed by atoms with Gasteiger partial charge in [0.1, 0.15) is 5.75 Å². The second-order valence-corrected chi connectivity index (χ2v) is 4.81. The largest absolute Gasteiger partial charge is 0.496 e. The first-order valence-corrected chi connectivity index (χ1v) is 6.33. The van der Waals surface area contributed by atoms with Crippen LogP contribution in [-0.2, 0) is 0 Å². The molecular weight excluding hydrogens is 252 g/mol. The monoisotopic (exact) mass is 268 g/mol. The van der Waals surface area contributed by atoms with E-state index in [1.165, 1.54) is 0 Å². The summed E-state index contributed by atoms with van der Waals surface area (Å²) in [5.41, 5.74) is 0.568. The topological polar surface area (TPSA) is 41.6 Å². The number of rotatable bonds is 3. The predicted octanol–water partition coefficient (Wildman–Crippen LogP) is 1.78. The summed E-state index contributed by atoms with van der Waals surface area (Å²) in [6.45, 7) is 1.51. The van der Waals surface area contributed by atoms with Crippen molar-refractivity contribution in [2.24, 2.45) is 0 Å². The number of amides is 1. The van der Waals surface area contributed by atoms with Crippen LogP contribution in [0.3, 0.4) is 0 Å². The van der Waals surface area contributed by atoms with Gasteiger partial charge in [0, 0.05) is 24.2 Å². The van der Waals surface area contributed by atoms with Crippen molar-refractivity contribution in [3.63, 3.8) is 0 Å². The molecule has 0 bridgehead atoms. The zero-order chi connectivity index (χ0) is 13.1. The number of carbonyl (C=O) groups excluding carboxylic acids is 1. The lowest BCUT2D eigenvalue weighted by atomic mass is 10.1. The Kier molecular flexibility index (Phi) is 4.09. The van der Waals surface area contributed by atoms with Crippen molar-refractivity contribution in [1.82, 2.24) is 10.2 Å². The molecule has 1 aromatic carbocycles. The van der Waals surface area contributed by atoms with Crippen LogP contribution in [0.4, 0.5) is 0 Å². The van der Waals surface area contributed by atoms with Gasteiger partial charge >= 0.3 is 0 Å². The fraction of sp³-hybridized carbons (Fsp3) is 0.462. The van der Waals surface area contributed by atoms with Crippen molar-refractivity contribution in [2.75, 3.05) is 27.2 Å². The standard InChI is InChI=1S/C13H17ClN2O2/c1-15-10-5-6-16(8-10)13(17)11-4-3-9(14)7-12(11)18-2/h3-4,7,10,15H,5-6,8H2,1-2H3. The average Bonchev–Trinajstić information content (AvgIpc) is 2.86. The van der Waals surface area contributed by atoms with Crippen LogP contribution < -0.4 is 10.1 Å². The molecule has 98 valence electrons. The minimum atomic E-state index is 0.00117. The van der Waals surface area contributed by atoms with Crippen LogP contribution in [0.2, 0.25) is 5.02 Å². The number of likely N-dealkylation sites (tertiary alicyclic amines) is 1. The molecule has 1 saturated heterocycles. The number of ether oxygens (including phenoxy) is 1. The van der Waals surface area contributed by atoms with Gasteiger partial charge in [-0.2, -0.15) is 0 Å². The minimum Gasteiger partial charge on any atom is -0.496 e. The van der Waals surface area contributed by atoms with Crippen molar-refractivity contribution in [3.8, 4) is 5.75 Å². The van der Waals surface area contributed by atoms with Crippen LogP contribution in [0, 0.1) is 0 Å². The molecule has 1 unspecified atom stereocenters. The molecule has 0 aliphatic carbocycles. The highest BCUT2D eigenvalue weighted by Crippen LogP contribution is 2.25. The van der Waals surface area contributed by atoms with Gasteiger partial charge in [0.05, 0.1) is 12.7 Å². The van der Waals surface area contributed by atoms with Crippen molar-refractivity contribution >= 4 is 17.5 Å². The van der Waals surface area contributed by atoms with E-state index in [9.17, 15) is 4.79 Å². The molecule has 2 rings (SSSR count). The minimum absolute atomic E-state index is 0.00117. The van der Waals surface area contributed by atoms with E-state index in [0.29, 0.717) is 22.4 Å². The number of halogens is 1. The van der Waals surface area contributed by atoms with E-state index in [1.807, 2.05) is 11.9 Å². The second-order valence-electron chi connectivity index (χ2n) is 4.37. The number of likely N-dealkylation sites (N-methyl/N-ethyl adjacent to an activating group) is 1. The number of nitrogens with one attached hydrogen (secondary N) is 1. The molecule has 1 aliphatic heterocycles. The van der Waals surface area contributed by atoms with Crippen molar-refractivity contribution < 1.29 is 9.53 Å². The molecule has 4 nitrogen and oxygen atoms in total. The van der Waals surface area contributed by atoms with Crippen molar-refractivity contribution in [2.45, 2.75) is 12.5 Å². The summed E-state index contributed by atoms with van der Waals surface area (Å²) in [6, 6.07) is 5.48.